The fraction of sp³-hybridized carbons (Fsp3) is 0.389. The van der Waals surface area contributed by atoms with Gasteiger partial charge in [0.05, 0.1) is 17.6 Å². The first kappa shape index (κ1) is 16.1. The van der Waals surface area contributed by atoms with E-state index in [-0.39, 0.29) is 12.5 Å². The minimum absolute atomic E-state index is 0.0145. The molecule has 1 fully saturated rings. The van der Waals surface area contributed by atoms with E-state index in [1.54, 1.807) is 30.2 Å². The second-order valence-electron chi connectivity index (χ2n) is 5.84. The molecule has 5 heteroatoms. The average molecular weight is 331 g/mol. The molecule has 4 nitrogen and oxygen atoms in total. The minimum Gasteiger partial charge on any atom is -0.467 e. The van der Waals surface area contributed by atoms with E-state index in [9.17, 15) is 9.90 Å². The molecule has 1 aliphatic rings. The zero-order chi connectivity index (χ0) is 16.1. The van der Waals surface area contributed by atoms with Gasteiger partial charge in [-0.2, -0.15) is 0 Å². The van der Waals surface area contributed by atoms with Crippen LogP contribution in [0.25, 0.3) is 0 Å². The van der Waals surface area contributed by atoms with Gasteiger partial charge in [-0.1, -0.05) is 31.0 Å². The van der Waals surface area contributed by atoms with Crippen LogP contribution in [0.2, 0.25) is 0 Å². The SMILES string of the molecule is O=C(NC(CO)c1ccco1)C1(Sc2ccccc2)CCCC1. The molecule has 1 amide bonds. The van der Waals surface area contributed by atoms with Gasteiger partial charge in [0.15, 0.2) is 0 Å². The minimum atomic E-state index is -0.494. The number of hydrogen-bond donors (Lipinski definition) is 2. The van der Waals surface area contributed by atoms with E-state index >= 15 is 0 Å². The largest absolute Gasteiger partial charge is 0.467 e. The van der Waals surface area contributed by atoms with E-state index in [2.05, 4.69) is 5.32 Å². The summed E-state index contributed by atoms with van der Waals surface area (Å²) in [5.41, 5.74) is 0. The maximum atomic E-state index is 13.0. The van der Waals surface area contributed by atoms with Gasteiger partial charge in [0.25, 0.3) is 0 Å². The molecule has 23 heavy (non-hydrogen) atoms. The molecule has 0 saturated heterocycles. The predicted molar refractivity (Wildman–Crippen MR) is 90.2 cm³/mol. The summed E-state index contributed by atoms with van der Waals surface area (Å²) < 4.78 is 4.86. The van der Waals surface area contributed by atoms with Gasteiger partial charge in [-0.25, -0.2) is 0 Å². The van der Waals surface area contributed by atoms with E-state index in [1.165, 1.54) is 0 Å². The number of amides is 1. The molecule has 122 valence electrons. The van der Waals surface area contributed by atoms with Crippen molar-refractivity contribution in [2.24, 2.45) is 0 Å². The molecule has 1 aliphatic carbocycles. The van der Waals surface area contributed by atoms with Crippen LogP contribution in [-0.2, 0) is 4.79 Å². The summed E-state index contributed by atoms with van der Waals surface area (Å²) in [7, 11) is 0. The molecule has 3 rings (SSSR count). The van der Waals surface area contributed by atoms with Crippen LogP contribution in [0.1, 0.15) is 37.5 Å². The molecular weight excluding hydrogens is 310 g/mol. The number of aliphatic hydroxyl groups is 1. The van der Waals surface area contributed by atoms with Crippen LogP contribution < -0.4 is 5.32 Å². The summed E-state index contributed by atoms with van der Waals surface area (Å²) in [5.74, 6) is 0.568. The zero-order valence-corrected chi connectivity index (χ0v) is 13.7. The number of aliphatic hydroxyl groups excluding tert-OH is 1. The van der Waals surface area contributed by atoms with Crippen molar-refractivity contribution < 1.29 is 14.3 Å². The third-order valence-corrected chi connectivity index (χ3v) is 5.75. The topological polar surface area (TPSA) is 62.5 Å². The number of furan rings is 1. The Morgan fingerprint density at radius 1 is 1.22 bits per heavy atom. The fourth-order valence-electron chi connectivity index (χ4n) is 3.02. The summed E-state index contributed by atoms with van der Waals surface area (Å²) >= 11 is 1.63. The summed E-state index contributed by atoms with van der Waals surface area (Å²) in [5, 5.41) is 12.6. The molecule has 1 saturated carbocycles. The zero-order valence-electron chi connectivity index (χ0n) is 12.9. The van der Waals surface area contributed by atoms with Gasteiger partial charge in [-0.05, 0) is 37.1 Å². The second-order valence-corrected chi connectivity index (χ2v) is 7.30. The number of nitrogens with one attached hydrogen (secondary N) is 1. The number of benzene rings is 1. The van der Waals surface area contributed by atoms with Gasteiger partial charge >= 0.3 is 0 Å². The van der Waals surface area contributed by atoms with Gasteiger partial charge < -0.3 is 14.8 Å². The number of carbonyl (C=O) groups excluding carboxylic acids is 1. The lowest BCUT2D eigenvalue weighted by Crippen LogP contribution is -2.44. The van der Waals surface area contributed by atoms with E-state index in [0.29, 0.717) is 5.76 Å². The predicted octanol–water partition coefficient (Wildman–Crippen LogP) is 3.53. The molecule has 1 heterocycles. The van der Waals surface area contributed by atoms with Gasteiger partial charge in [0.1, 0.15) is 11.8 Å². The maximum absolute atomic E-state index is 13.0. The first-order valence-electron chi connectivity index (χ1n) is 7.93. The maximum Gasteiger partial charge on any atom is 0.237 e. The Kier molecular flexibility index (Phi) is 5.08. The van der Waals surface area contributed by atoms with Crippen LogP contribution in [0, 0.1) is 0 Å². The molecule has 2 aromatic rings. The second kappa shape index (κ2) is 7.23. The lowest BCUT2D eigenvalue weighted by Gasteiger charge is -2.29. The smallest absolute Gasteiger partial charge is 0.237 e. The van der Waals surface area contributed by atoms with Crippen LogP contribution >= 0.6 is 11.8 Å². The highest BCUT2D eigenvalue weighted by Gasteiger charge is 2.43. The fourth-order valence-corrected chi connectivity index (χ4v) is 4.41. The molecule has 0 radical (unpaired) electrons. The lowest BCUT2D eigenvalue weighted by molar-refractivity contribution is -0.124. The van der Waals surface area contributed by atoms with Crippen LogP contribution in [0.15, 0.2) is 58.0 Å². The number of thioether (sulfide) groups is 1. The van der Waals surface area contributed by atoms with Gasteiger partial charge in [-0.15, -0.1) is 11.8 Å². The van der Waals surface area contributed by atoms with Crippen LogP contribution in [0.3, 0.4) is 0 Å². The molecule has 1 unspecified atom stereocenters. The number of rotatable bonds is 6. The Morgan fingerprint density at radius 3 is 2.57 bits per heavy atom. The van der Waals surface area contributed by atoms with E-state index in [4.69, 9.17) is 4.42 Å². The molecule has 1 atom stereocenters. The summed E-state index contributed by atoms with van der Waals surface area (Å²) in [6, 6.07) is 13.1. The average Bonchev–Trinajstić information content (AvgIpc) is 3.25. The Labute approximate surface area is 140 Å². The van der Waals surface area contributed by atoms with Gasteiger partial charge in [0, 0.05) is 4.90 Å². The number of carbonyl (C=O) groups is 1. The highest BCUT2D eigenvalue weighted by Crippen LogP contribution is 2.45. The molecule has 0 bridgehead atoms. The van der Waals surface area contributed by atoms with Crippen LogP contribution in [0.4, 0.5) is 0 Å². The lowest BCUT2D eigenvalue weighted by atomic mass is 10.1. The molecular formula is C18H21NO3S. The van der Waals surface area contributed by atoms with Crippen molar-refractivity contribution in [1.29, 1.82) is 0 Å². The Hall–Kier alpha value is -1.72. The molecule has 2 N–H and O–H groups in total. The van der Waals surface area contributed by atoms with Crippen LogP contribution in [-0.4, -0.2) is 22.4 Å². The standard InChI is InChI=1S/C18H21NO3S/c20-13-15(16-9-6-12-22-16)19-17(21)18(10-4-5-11-18)23-14-7-2-1-3-8-14/h1-3,6-9,12,15,20H,4-5,10-11,13H2,(H,19,21). The van der Waals surface area contributed by atoms with E-state index in [1.807, 2.05) is 30.3 Å². The molecule has 1 aromatic heterocycles. The highest BCUT2D eigenvalue weighted by atomic mass is 32.2. The Bertz CT molecular complexity index is 621. The van der Waals surface area contributed by atoms with Crippen LogP contribution in [0.5, 0.6) is 0 Å². The van der Waals surface area contributed by atoms with E-state index in [0.717, 1.165) is 30.6 Å². The quantitative estimate of drug-likeness (QED) is 0.850. The monoisotopic (exact) mass is 331 g/mol. The van der Waals surface area contributed by atoms with Crippen molar-refractivity contribution in [2.75, 3.05) is 6.61 Å². The molecule has 1 aromatic carbocycles. The third-order valence-electron chi connectivity index (χ3n) is 4.26. The van der Waals surface area contributed by atoms with Gasteiger partial charge in [0.2, 0.25) is 5.91 Å². The number of hydrogen-bond acceptors (Lipinski definition) is 4. The third kappa shape index (κ3) is 3.62. The van der Waals surface area contributed by atoms with Crippen molar-refractivity contribution in [3.8, 4) is 0 Å². The summed E-state index contributed by atoms with van der Waals surface area (Å²) in [6.45, 7) is -0.175. The molecule has 0 aliphatic heterocycles. The summed E-state index contributed by atoms with van der Waals surface area (Å²) in [4.78, 5) is 14.1. The Balaban J connectivity index is 1.76. The van der Waals surface area contributed by atoms with Crippen molar-refractivity contribution >= 4 is 17.7 Å². The highest BCUT2D eigenvalue weighted by molar-refractivity contribution is 8.01. The normalized spacial score (nSPS) is 17.8. The first-order chi connectivity index (χ1) is 11.2. The van der Waals surface area contributed by atoms with Crippen molar-refractivity contribution in [3.63, 3.8) is 0 Å². The molecule has 0 spiro atoms. The Morgan fingerprint density at radius 2 is 1.96 bits per heavy atom. The van der Waals surface area contributed by atoms with Crippen molar-refractivity contribution in [3.05, 3.63) is 54.5 Å². The first-order valence-corrected chi connectivity index (χ1v) is 8.74. The van der Waals surface area contributed by atoms with E-state index < -0.39 is 10.8 Å². The summed E-state index contributed by atoms with van der Waals surface area (Å²) in [6.07, 6.45) is 5.37. The van der Waals surface area contributed by atoms with Gasteiger partial charge in [-0.3, -0.25) is 4.79 Å². The van der Waals surface area contributed by atoms with Crippen molar-refractivity contribution in [2.45, 2.75) is 41.4 Å². The van der Waals surface area contributed by atoms with Crippen molar-refractivity contribution in [1.82, 2.24) is 5.32 Å².